The van der Waals surface area contributed by atoms with Gasteiger partial charge in [0.1, 0.15) is 5.50 Å². The highest BCUT2D eigenvalue weighted by Gasteiger charge is 2.24. The lowest BCUT2D eigenvalue weighted by Gasteiger charge is -2.23. The molecule has 0 aliphatic carbocycles. The van der Waals surface area contributed by atoms with E-state index in [9.17, 15) is 0 Å². The molecule has 0 radical (unpaired) electrons. The molecule has 6 heteroatoms. The molecule has 2 unspecified atom stereocenters. The molecule has 0 bridgehead atoms. The quantitative estimate of drug-likeness (QED) is 0.371. The van der Waals surface area contributed by atoms with Gasteiger partial charge in [-0.2, -0.15) is 0 Å². The zero-order valence-corrected chi connectivity index (χ0v) is 15.0. The van der Waals surface area contributed by atoms with E-state index in [0.29, 0.717) is 10.0 Å². The van der Waals surface area contributed by atoms with Crippen LogP contribution < -0.4 is 0 Å². The van der Waals surface area contributed by atoms with Gasteiger partial charge in [-0.1, -0.05) is 53.0 Å². The van der Waals surface area contributed by atoms with Crippen molar-refractivity contribution in [2.75, 3.05) is 0 Å². The van der Waals surface area contributed by atoms with Crippen molar-refractivity contribution in [2.45, 2.75) is 15.6 Å². The largest absolute Gasteiger partial charge is 0.319 e. The van der Waals surface area contributed by atoms with Crippen molar-refractivity contribution < 1.29 is 0 Å². The SMILES string of the molecule is Clc1ccc(C(Sc2cccc(Cl)c2)C(Cl)n2ccnc2)cc1. The minimum absolute atomic E-state index is 0.0124. The second-order valence-corrected chi connectivity index (χ2v) is 7.46. The summed E-state index contributed by atoms with van der Waals surface area (Å²) in [6.07, 6.45) is 5.30. The Labute approximate surface area is 154 Å². The first-order valence-corrected chi connectivity index (χ1v) is 9.00. The zero-order chi connectivity index (χ0) is 16.2. The summed E-state index contributed by atoms with van der Waals surface area (Å²) in [4.78, 5) is 5.14. The van der Waals surface area contributed by atoms with Crippen LogP contribution in [0.25, 0.3) is 0 Å². The third-order valence-corrected chi connectivity index (χ3v) is 5.74. The van der Waals surface area contributed by atoms with Crippen molar-refractivity contribution in [3.05, 3.63) is 82.9 Å². The van der Waals surface area contributed by atoms with E-state index < -0.39 is 0 Å². The summed E-state index contributed by atoms with van der Waals surface area (Å²) in [7, 11) is 0. The average molecular weight is 384 g/mol. The van der Waals surface area contributed by atoms with E-state index in [-0.39, 0.29) is 10.8 Å². The molecular weight excluding hydrogens is 371 g/mol. The van der Waals surface area contributed by atoms with Crippen molar-refractivity contribution in [2.24, 2.45) is 0 Å². The van der Waals surface area contributed by atoms with Crippen molar-refractivity contribution in [1.82, 2.24) is 9.55 Å². The van der Waals surface area contributed by atoms with Crippen LogP contribution in [0.3, 0.4) is 0 Å². The zero-order valence-electron chi connectivity index (χ0n) is 11.9. The standard InChI is InChI=1S/C17H13Cl3N2S/c18-13-6-4-12(5-7-13)16(17(20)22-9-8-21-11-22)23-15-3-1-2-14(19)10-15/h1-11,16-17H. The molecule has 0 fully saturated rings. The maximum atomic E-state index is 6.71. The molecule has 1 heterocycles. The summed E-state index contributed by atoms with van der Waals surface area (Å²) < 4.78 is 1.89. The number of hydrogen-bond acceptors (Lipinski definition) is 2. The number of benzene rings is 2. The van der Waals surface area contributed by atoms with Crippen LogP contribution in [0, 0.1) is 0 Å². The Morgan fingerprint density at radius 2 is 1.78 bits per heavy atom. The highest BCUT2D eigenvalue weighted by Crippen LogP contribution is 2.45. The van der Waals surface area contributed by atoms with Crippen LogP contribution in [0.1, 0.15) is 16.3 Å². The monoisotopic (exact) mass is 382 g/mol. The fourth-order valence-corrected chi connectivity index (χ4v) is 4.18. The molecule has 3 rings (SSSR count). The number of rotatable bonds is 5. The van der Waals surface area contributed by atoms with Crippen LogP contribution in [-0.4, -0.2) is 9.55 Å². The van der Waals surface area contributed by atoms with E-state index in [0.717, 1.165) is 10.5 Å². The number of nitrogens with zero attached hydrogens (tertiary/aromatic N) is 2. The Morgan fingerprint density at radius 1 is 1.00 bits per heavy atom. The summed E-state index contributed by atoms with van der Waals surface area (Å²) in [5.41, 5.74) is 0.802. The molecule has 2 atom stereocenters. The van der Waals surface area contributed by atoms with Gasteiger partial charge in [0.2, 0.25) is 0 Å². The van der Waals surface area contributed by atoms with Crippen LogP contribution in [0.15, 0.2) is 72.1 Å². The summed E-state index contributed by atoms with van der Waals surface area (Å²) >= 11 is 20.5. The Kier molecular flexibility index (Phi) is 5.54. The third-order valence-electron chi connectivity index (χ3n) is 3.32. The molecule has 118 valence electrons. The summed E-state index contributed by atoms with van der Waals surface area (Å²) in [6, 6.07) is 15.5. The van der Waals surface area contributed by atoms with E-state index in [1.165, 1.54) is 0 Å². The van der Waals surface area contributed by atoms with Gasteiger partial charge in [0, 0.05) is 27.3 Å². The summed E-state index contributed by atoms with van der Waals surface area (Å²) in [5, 5.41) is 1.40. The lowest BCUT2D eigenvalue weighted by Crippen LogP contribution is -2.09. The lowest BCUT2D eigenvalue weighted by atomic mass is 10.1. The lowest BCUT2D eigenvalue weighted by molar-refractivity contribution is 0.651. The van der Waals surface area contributed by atoms with E-state index in [1.54, 1.807) is 24.3 Å². The van der Waals surface area contributed by atoms with Gasteiger partial charge in [0.25, 0.3) is 0 Å². The van der Waals surface area contributed by atoms with E-state index in [1.807, 2.05) is 59.3 Å². The Morgan fingerprint density at radius 3 is 2.43 bits per heavy atom. The molecule has 0 saturated heterocycles. The fourth-order valence-electron chi connectivity index (χ4n) is 2.19. The van der Waals surface area contributed by atoms with Crippen molar-refractivity contribution >= 4 is 46.6 Å². The van der Waals surface area contributed by atoms with Gasteiger partial charge in [-0.3, -0.25) is 0 Å². The first-order valence-electron chi connectivity index (χ1n) is 6.93. The number of halogens is 3. The van der Waals surface area contributed by atoms with Gasteiger partial charge >= 0.3 is 0 Å². The molecule has 0 spiro atoms. The third kappa shape index (κ3) is 4.24. The minimum Gasteiger partial charge on any atom is -0.319 e. The average Bonchev–Trinajstić information content (AvgIpc) is 3.07. The van der Waals surface area contributed by atoms with Gasteiger partial charge in [-0.05, 0) is 35.9 Å². The van der Waals surface area contributed by atoms with Gasteiger partial charge in [-0.25, -0.2) is 4.98 Å². The molecule has 0 amide bonds. The number of hydrogen-bond donors (Lipinski definition) is 0. The van der Waals surface area contributed by atoms with Crippen LogP contribution in [-0.2, 0) is 0 Å². The smallest absolute Gasteiger partial charge is 0.125 e. The molecule has 1 aromatic heterocycles. The molecule has 2 nitrogen and oxygen atoms in total. The molecule has 0 N–H and O–H groups in total. The van der Waals surface area contributed by atoms with Crippen molar-refractivity contribution in [1.29, 1.82) is 0 Å². The van der Waals surface area contributed by atoms with Crippen LogP contribution in [0.2, 0.25) is 10.0 Å². The molecule has 3 aromatic rings. The van der Waals surface area contributed by atoms with Crippen LogP contribution >= 0.6 is 46.6 Å². The molecule has 0 saturated carbocycles. The van der Waals surface area contributed by atoms with Crippen LogP contribution in [0.5, 0.6) is 0 Å². The highest BCUT2D eigenvalue weighted by atomic mass is 35.5. The Bertz CT molecular complexity index is 760. The molecular formula is C17H13Cl3N2S. The molecule has 0 aliphatic heterocycles. The second-order valence-electron chi connectivity index (χ2n) is 4.93. The maximum Gasteiger partial charge on any atom is 0.125 e. The number of aromatic nitrogens is 2. The molecule has 2 aromatic carbocycles. The van der Waals surface area contributed by atoms with Gasteiger partial charge in [-0.15, -0.1) is 11.8 Å². The van der Waals surface area contributed by atoms with Crippen molar-refractivity contribution in [3.8, 4) is 0 Å². The number of alkyl halides is 1. The second kappa shape index (κ2) is 7.63. The number of imidazole rings is 1. The fraction of sp³-hybridized carbons (Fsp3) is 0.118. The first kappa shape index (κ1) is 16.7. The summed E-state index contributed by atoms with van der Waals surface area (Å²) in [5.74, 6) is 0. The first-order chi connectivity index (χ1) is 11.1. The predicted octanol–water partition coefficient (Wildman–Crippen LogP) is 6.46. The predicted molar refractivity (Wildman–Crippen MR) is 98.6 cm³/mol. The van der Waals surface area contributed by atoms with E-state index in [2.05, 4.69) is 4.98 Å². The summed E-state index contributed by atoms with van der Waals surface area (Å²) in [6.45, 7) is 0. The van der Waals surface area contributed by atoms with Crippen molar-refractivity contribution in [3.63, 3.8) is 0 Å². The Hall–Kier alpha value is -1.13. The molecule has 23 heavy (non-hydrogen) atoms. The normalized spacial score (nSPS) is 13.7. The van der Waals surface area contributed by atoms with Gasteiger partial charge in [0.05, 0.1) is 11.6 Å². The minimum atomic E-state index is -0.289. The Balaban J connectivity index is 1.94. The van der Waals surface area contributed by atoms with E-state index in [4.69, 9.17) is 34.8 Å². The maximum absolute atomic E-state index is 6.71. The van der Waals surface area contributed by atoms with Crippen LogP contribution in [0.4, 0.5) is 0 Å². The van der Waals surface area contributed by atoms with Gasteiger partial charge in [0.15, 0.2) is 0 Å². The highest BCUT2D eigenvalue weighted by molar-refractivity contribution is 7.99. The topological polar surface area (TPSA) is 17.8 Å². The number of thioether (sulfide) groups is 1. The molecule has 0 aliphatic rings. The van der Waals surface area contributed by atoms with E-state index >= 15 is 0 Å². The van der Waals surface area contributed by atoms with Gasteiger partial charge < -0.3 is 4.57 Å².